The number of para-hydroxylation sites is 1. The number of hydrogen-bond acceptors (Lipinski definition) is 3. The van der Waals surface area contributed by atoms with Gasteiger partial charge < -0.3 is 19.9 Å². The summed E-state index contributed by atoms with van der Waals surface area (Å²) in [6.45, 7) is 3.97. The normalized spacial score (nSPS) is 16.5. The Kier molecular flexibility index (Phi) is 8.89. The van der Waals surface area contributed by atoms with Crippen LogP contribution < -0.4 is 15.0 Å². The van der Waals surface area contributed by atoms with Gasteiger partial charge in [0.05, 0.1) is 7.11 Å². The number of nitrogens with zero attached hydrogens (tertiary/aromatic N) is 3. The van der Waals surface area contributed by atoms with Crippen molar-refractivity contribution in [3.63, 3.8) is 0 Å². The van der Waals surface area contributed by atoms with Gasteiger partial charge in [0, 0.05) is 46.0 Å². The van der Waals surface area contributed by atoms with Crippen LogP contribution in [0.25, 0.3) is 0 Å². The summed E-state index contributed by atoms with van der Waals surface area (Å²) in [6.07, 6.45) is 1.21. The molecule has 2 aromatic carbocycles. The molecule has 0 spiro atoms. The lowest BCUT2D eigenvalue weighted by Gasteiger charge is -2.24. The minimum absolute atomic E-state index is 0. The Morgan fingerprint density at radius 2 is 1.89 bits per heavy atom. The third kappa shape index (κ3) is 6.02. The number of nitrogens with one attached hydrogen (secondary N) is 1. The summed E-state index contributed by atoms with van der Waals surface area (Å²) in [5.41, 5.74) is 2.55. The highest BCUT2D eigenvalue weighted by atomic mass is 127. The summed E-state index contributed by atoms with van der Waals surface area (Å²) in [5.74, 6) is 2.45. The third-order valence-corrected chi connectivity index (χ3v) is 5.11. The molecule has 1 aliphatic heterocycles. The number of anilines is 1. The number of hydrogen-bond donors (Lipinski definition) is 1. The number of rotatable bonds is 6. The number of halogens is 1. The average molecular weight is 494 g/mol. The van der Waals surface area contributed by atoms with Crippen molar-refractivity contribution in [3.05, 3.63) is 60.2 Å². The van der Waals surface area contributed by atoms with Gasteiger partial charge in [0.25, 0.3) is 0 Å². The lowest BCUT2D eigenvalue weighted by atomic mass is 10.1. The molecule has 0 amide bonds. The number of ether oxygens (including phenoxy) is 1. The first-order valence-corrected chi connectivity index (χ1v) is 9.54. The van der Waals surface area contributed by atoms with Gasteiger partial charge in [-0.2, -0.15) is 0 Å². The lowest BCUT2D eigenvalue weighted by molar-refractivity contribution is 0.414. The van der Waals surface area contributed by atoms with E-state index in [1.165, 1.54) is 17.7 Å². The lowest BCUT2D eigenvalue weighted by Crippen LogP contribution is -2.41. The molecule has 1 heterocycles. The van der Waals surface area contributed by atoms with Crippen LogP contribution in [0.3, 0.4) is 0 Å². The summed E-state index contributed by atoms with van der Waals surface area (Å²) < 4.78 is 5.23. The molecule has 2 aromatic rings. The van der Waals surface area contributed by atoms with E-state index in [9.17, 15) is 0 Å². The Labute approximate surface area is 185 Å². The van der Waals surface area contributed by atoms with Crippen molar-refractivity contribution < 1.29 is 4.74 Å². The Hall–Kier alpha value is -1.96. The molecule has 3 rings (SSSR count). The second-order valence-corrected chi connectivity index (χ2v) is 7.07. The van der Waals surface area contributed by atoms with Gasteiger partial charge in [0.15, 0.2) is 5.96 Å². The van der Waals surface area contributed by atoms with Gasteiger partial charge in [0.2, 0.25) is 0 Å². The van der Waals surface area contributed by atoms with E-state index < -0.39 is 0 Å². The Bertz CT molecular complexity index is 736. The molecular formula is C22H31IN4O. The molecule has 1 unspecified atom stereocenters. The van der Waals surface area contributed by atoms with Gasteiger partial charge in [0.1, 0.15) is 5.75 Å². The summed E-state index contributed by atoms with van der Waals surface area (Å²) in [6, 6.07) is 18.9. The standard InChI is InChI=1S/C22H30N4O.HI/c1-23-22(25(2)16-18-9-11-21(27-3)12-10-18)24-15-19-13-14-26(17-19)20-7-5-4-6-8-20;/h4-12,19H,13-17H2,1-3H3,(H,23,24);1H. The van der Waals surface area contributed by atoms with Crippen LogP contribution in [-0.4, -0.2) is 51.7 Å². The molecule has 1 N–H and O–H groups in total. The monoisotopic (exact) mass is 494 g/mol. The van der Waals surface area contributed by atoms with Crippen molar-refractivity contribution in [2.45, 2.75) is 13.0 Å². The molecule has 0 aliphatic carbocycles. The maximum Gasteiger partial charge on any atom is 0.193 e. The van der Waals surface area contributed by atoms with Crippen LogP contribution in [-0.2, 0) is 6.54 Å². The van der Waals surface area contributed by atoms with E-state index in [1.807, 2.05) is 19.2 Å². The first-order valence-electron chi connectivity index (χ1n) is 9.54. The van der Waals surface area contributed by atoms with Crippen LogP contribution in [0.2, 0.25) is 0 Å². The van der Waals surface area contributed by atoms with Crippen molar-refractivity contribution in [1.29, 1.82) is 0 Å². The molecule has 6 heteroatoms. The first-order chi connectivity index (χ1) is 13.2. The summed E-state index contributed by atoms with van der Waals surface area (Å²) in [7, 11) is 5.61. The molecule has 0 saturated carbocycles. The molecule has 1 saturated heterocycles. The maximum atomic E-state index is 5.23. The van der Waals surface area contributed by atoms with Crippen LogP contribution >= 0.6 is 24.0 Å². The first kappa shape index (κ1) is 22.3. The predicted octanol–water partition coefficient (Wildman–Crippen LogP) is 3.85. The molecule has 152 valence electrons. The molecule has 1 fully saturated rings. The van der Waals surface area contributed by atoms with Crippen LogP contribution in [0, 0.1) is 5.92 Å². The maximum absolute atomic E-state index is 5.23. The fourth-order valence-corrected chi connectivity index (χ4v) is 3.57. The smallest absolute Gasteiger partial charge is 0.193 e. The van der Waals surface area contributed by atoms with E-state index in [0.717, 1.165) is 37.9 Å². The topological polar surface area (TPSA) is 40.1 Å². The molecular weight excluding hydrogens is 463 g/mol. The van der Waals surface area contributed by atoms with Crippen LogP contribution in [0.1, 0.15) is 12.0 Å². The van der Waals surface area contributed by atoms with E-state index in [1.54, 1.807) is 7.11 Å². The molecule has 0 aromatic heterocycles. The third-order valence-electron chi connectivity index (χ3n) is 5.11. The number of guanidine groups is 1. The number of benzene rings is 2. The molecule has 0 radical (unpaired) electrons. The quantitative estimate of drug-likeness (QED) is 0.377. The van der Waals surface area contributed by atoms with Crippen molar-refractivity contribution >= 4 is 35.6 Å². The highest BCUT2D eigenvalue weighted by Gasteiger charge is 2.23. The van der Waals surface area contributed by atoms with E-state index >= 15 is 0 Å². The molecule has 28 heavy (non-hydrogen) atoms. The molecule has 1 aliphatic rings. The van der Waals surface area contributed by atoms with E-state index in [0.29, 0.717) is 5.92 Å². The summed E-state index contributed by atoms with van der Waals surface area (Å²) in [4.78, 5) is 9.08. The van der Waals surface area contributed by atoms with Crippen molar-refractivity contribution in [3.8, 4) is 5.75 Å². The Morgan fingerprint density at radius 1 is 1.18 bits per heavy atom. The second-order valence-electron chi connectivity index (χ2n) is 7.07. The Morgan fingerprint density at radius 3 is 2.54 bits per heavy atom. The summed E-state index contributed by atoms with van der Waals surface area (Å²) >= 11 is 0. The number of aliphatic imine (C=N–C) groups is 1. The van der Waals surface area contributed by atoms with Crippen molar-refractivity contribution in [2.24, 2.45) is 10.9 Å². The molecule has 0 bridgehead atoms. The van der Waals surface area contributed by atoms with Crippen molar-refractivity contribution in [2.75, 3.05) is 45.7 Å². The van der Waals surface area contributed by atoms with Gasteiger partial charge in [-0.1, -0.05) is 30.3 Å². The van der Waals surface area contributed by atoms with Gasteiger partial charge in [-0.15, -0.1) is 24.0 Å². The van der Waals surface area contributed by atoms with Crippen molar-refractivity contribution in [1.82, 2.24) is 10.2 Å². The average Bonchev–Trinajstić information content (AvgIpc) is 3.19. The second kappa shape index (κ2) is 11.1. The van der Waals surface area contributed by atoms with Crippen LogP contribution in [0.5, 0.6) is 5.75 Å². The fourth-order valence-electron chi connectivity index (χ4n) is 3.57. The van der Waals surface area contributed by atoms with E-state index in [2.05, 4.69) is 69.6 Å². The fraction of sp³-hybridized carbons (Fsp3) is 0.409. The van der Waals surface area contributed by atoms with Gasteiger partial charge in [-0.25, -0.2) is 0 Å². The largest absolute Gasteiger partial charge is 0.497 e. The zero-order valence-corrected chi connectivity index (χ0v) is 19.3. The minimum atomic E-state index is 0. The van der Waals surface area contributed by atoms with Gasteiger partial charge >= 0.3 is 0 Å². The van der Waals surface area contributed by atoms with Crippen LogP contribution in [0.15, 0.2) is 59.6 Å². The van der Waals surface area contributed by atoms with E-state index in [-0.39, 0.29) is 24.0 Å². The number of methoxy groups -OCH3 is 1. The van der Waals surface area contributed by atoms with Gasteiger partial charge in [-0.3, -0.25) is 4.99 Å². The summed E-state index contributed by atoms with van der Waals surface area (Å²) in [5, 5.41) is 3.55. The minimum Gasteiger partial charge on any atom is -0.497 e. The zero-order valence-electron chi connectivity index (χ0n) is 17.0. The SMILES string of the molecule is CN=C(NCC1CCN(c2ccccc2)C1)N(C)Cc1ccc(OC)cc1.I. The molecule has 5 nitrogen and oxygen atoms in total. The zero-order chi connectivity index (χ0) is 19.1. The van der Waals surface area contributed by atoms with Crippen LogP contribution in [0.4, 0.5) is 5.69 Å². The van der Waals surface area contributed by atoms with Gasteiger partial charge in [-0.05, 0) is 42.2 Å². The molecule has 1 atom stereocenters. The Balaban J connectivity index is 0.00000280. The predicted molar refractivity (Wildman–Crippen MR) is 128 cm³/mol. The highest BCUT2D eigenvalue weighted by molar-refractivity contribution is 14.0. The van der Waals surface area contributed by atoms with E-state index in [4.69, 9.17) is 4.74 Å². The highest BCUT2D eigenvalue weighted by Crippen LogP contribution is 2.23.